The Morgan fingerprint density at radius 3 is 2.55 bits per heavy atom. The van der Waals surface area contributed by atoms with Crippen molar-refractivity contribution in [2.45, 2.75) is 20.8 Å². The summed E-state index contributed by atoms with van der Waals surface area (Å²) in [6.45, 7) is 9.14. The molecule has 22 heavy (non-hydrogen) atoms. The monoisotopic (exact) mass is 300 g/mol. The fraction of sp³-hybridized carbons (Fsp3) is 0.222. The minimum absolute atomic E-state index is 0.248. The fourth-order valence-corrected chi connectivity index (χ4v) is 1.81. The van der Waals surface area contributed by atoms with Gasteiger partial charge in [0.25, 0.3) is 0 Å². The van der Waals surface area contributed by atoms with E-state index >= 15 is 0 Å². The van der Waals surface area contributed by atoms with E-state index in [9.17, 15) is 14.7 Å². The van der Waals surface area contributed by atoms with Crippen LogP contribution >= 0.6 is 0 Å². The lowest BCUT2D eigenvalue weighted by atomic mass is 10.1. The molecule has 0 fully saturated rings. The normalized spacial score (nSPS) is 12.5. The van der Waals surface area contributed by atoms with Gasteiger partial charge in [0.15, 0.2) is 5.78 Å². The number of allylic oxidation sites excluding steroid dienone is 7. The van der Waals surface area contributed by atoms with Crippen molar-refractivity contribution in [1.82, 2.24) is 0 Å². The van der Waals surface area contributed by atoms with Crippen molar-refractivity contribution >= 4 is 5.78 Å². The molecule has 0 saturated carbocycles. The highest BCUT2D eigenvalue weighted by atomic mass is 16.4. The van der Waals surface area contributed by atoms with E-state index in [0.29, 0.717) is 5.92 Å². The van der Waals surface area contributed by atoms with E-state index < -0.39 is 11.4 Å². The Morgan fingerprint density at radius 1 is 1.32 bits per heavy atom. The van der Waals surface area contributed by atoms with Crippen LogP contribution < -0.4 is 5.63 Å². The third-order valence-electron chi connectivity index (χ3n) is 2.68. The highest BCUT2D eigenvalue weighted by Crippen LogP contribution is 2.16. The van der Waals surface area contributed by atoms with Gasteiger partial charge in [0, 0.05) is 6.07 Å². The molecule has 0 radical (unpaired) electrons. The molecule has 1 aromatic heterocycles. The van der Waals surface area contributed by atoms with Crippen LogP contribution in [0.5, 0.6) is 5.75 Å². The quantitative estimate of drug-likeness (QED) is 0.494. The Hall–Kier alpha value is -2.62. The van der Waals surface area contributed by atoms with Crippen molar-refractivity contribution in [1.29, 1.82) is 0 Å². The van der Waals surface area contributed by atoms with Gasteiger partial charge >= 0.3 is 5.63 Å². The second-order valence-electron chi connectivity index (χ2n) is 5.11. The molecule has 0 bridgehead atoms. The van der Waals surface area contributed by atoms with Gasteiger partial charge in [-0.1, -0.05) is 50.8 Å². The topological polar surface area (TPSA) is 67.5 Å². The lowest BCUT2D eigenvalue weighted by molar-refractivity contribution is 0.104. The zero-order valence-corrected chi connectivity index (χ0v) is 13.0. The predicted octanol–water partition coefficient (Wildman–Crippen LogP) is 3.72. The van der Waals surface area contributed by atoms with Crippen molar-refractivity contribution < 1.29 is 14.3 Å². The van der Waals surface area contributed by atoms with Gasteiger partial charge in [0.2, 0.25) is 0 Å². The van der Waals surface area contributed by atoms with E-state index in [1.54, 1.807) is 24.3 Å². The molecule has 1 aromatic rings. The molecular weight excluding hydrogens is 280 g/mol. The van der Waals surface area contributed by atoms with Gasteiger partial charge in [-0.25, -0.2) is 4.79 Å². The van der Waals surface area contributed by atoms with Gasteiger partial charge in [-0.15, -0.1) is 0 Å². The first-order valence-corrected chi connectivity index (χ1v) is 6.92. The SMILES string of the molecule is C=C\C=C/C(/C=C/C(=O)c1c(O)cc(C)oc1=O)=C\C(C)C. The number of hydrogen-bond donors (Lipinski definition) is 1. The molecule has 0 spiro atoms. The second-order valence-corrected chi connectivity index (χ2v) is 5.11. The molecule has 1 N–H and O–H groups in total. The van der Waals surface area contributed by atoms with Crippen LogP contribution in [-0.4, -0.2) is 10.9 Å². The van der Waals surface area contributed by atoms with E-state index in [-0.39, 0.29) is 17.1 Å². The van der Waals surface area contributed by atoms with Crippen LogP contribution in [-0.2, 0) is 0 Å². The maximum Gasteiger partial charge on any atom is 0.351 e. The average molecular weight is 300 g/mol. The van der Waals surface area contributed by atoms with Crippen LogP contribution in [0.25, 0.3) is 0 Å². The van der Waals surface area contributed by atoms with Gasteiger partial charge in [0.05, 0.1) is 0 Å². The number of hydrogen-bond acceptors (Lipinski definition) is 4. The zero-order chi connectivity index (χ0) is 16.7. The van der Waals surface area contributed by atoms with Crippen molar-refractivity contribution in [2.24, 2.45) is 5.92 Å². The molecule has 4 nitrogen and oxygen atoms in total. The van der Waals surface area contributed by atoms with E-state index in [4.69, 9.17) is 4.42 Å². The smallest absolute Gasteiger partial charge is 0.351 e. The average Bonchev–Trinajstić information content (AvgIpc) is 2.40. The minimum atomic E-state index is -0.844. The van der Waals surface area contributed by atoms with Crippen LogP contribution in [0.15, 0.2) is 63.9 Å². The molecule has 0 amide bonds. The highest BCUT2D eigenvalue weighted by Gasteiger charge is 2.15. The van der Waals surface area contributed by atoms with Crippen LogP contribution in [0.3, 0.4) is 0 Å². The number of ketones is 1. The third-order valence-corrected chi connectivity index (χ3v) is 2.68. The summed E-state index contributed by atoms with van der Waals surface area (Å²) in [5.74, 6) is -0.438. The van der Waals surface area contributed by atoms with Crippen molar-refractivity contribution in [3.63, 3.8) is 0 Å². The fourth-order valence-electron chi connectivity index (χ4n) is 1.81. The van der Waals surface area contributed by atoms with E-state index in [0.717, 1.165) is 5.57 Å². The Morgan fingerprint density at radius 2 is 2.00 bits per heavy atom. The maximum absolute atomic E-state index is 12.1. The molecule has 0 unspecified atom stereocenters. The number of carbonyl (C=O) groups is 1. The summed E-state index contributed by atoms with van der Waals surface area (Å²) in [5, 5.41) is 9.74. The third kappa shape index (κ3) is 5.05. The van der Waals surface area contributed by atoms with Gasteiger partial charge < -0.3 is 9.52 Å². The molecule has 4 heteroatoms. The molecule has 0 aromatic carbocycles. The lowest BCUT2D eigenvalue weighted by Crippen LogP contribution is -2.13. The van der Waals surface area contributed by atoms with Crippen LogP contribution in [0, 0.1) is 12.8 Å². The largest absolute Gasteiger partial charge is 0.507 e. The van der Waals surface area contributed by atoms with E-state index in [1.807, 2.05) is 19.9 Å². The number of carbonyl (C=O) groups excluding carboxylic acids is 1. The molecule has 116 valence electrons. The van der Waals surface area contributed by atoms with Crippen LogP contribution in [0.1, 0.15) is 30.0 Å². The number of aryl methyl sites for hydroxylation is 1. The van der Waals surface area contributed by atoms with Crippen molar-refractivity contribution in [3.05, 3.63) is 76.4 Å². The summed E-state index contributed by atoms with van der Waals surface area (Å²) in [6, 6.07) is 1.24. The number of rotatable bonds is 6. The van der Waals surface area contributed by atoms with Crippen molar-refractivity contribution in [3.8, 4) is 5.75 Å². The molecule has 1 rings (SSSR count). The first-order chi connectivity index (χ1) is 10.3. The first-order valence-electron chi connectivity index (χ1n) is 6.92. The Labute approximate surface area is 129 Å². The summed E-state index contributed by atoms with van der Waals surface area (Å²) in [5.41, 5.74) is -0.402. The zero-order valence-electron chi connectivity index (χ0n) is 13.0. The highest BCUT2D eigenvalue weighted by molar-refractivity contribution is 6.06. The summed E-state index contributed by atoms with van der Waals surface area (Å²) in [7, 11) is 0. The molecular formula is C18H20O4. The van der Waals surface area contributed by atoms with Gasteiger partial charge in [-0.05, 0) is 24.5 Å². The van der Waals surface area contributed by atoms with Crippen LogP contribution in [0.2, 0.25) is 0 Å². The van der Waals surface area contributed by atoms with Crippen LogP contribution in [0.4, 0.5) is 0 Å². The van der Waals surface area contributed by atoms with E-state index in [1.165, 1.54) is 19.1 Å². The van der Waals surface area contributed by atoms with Gasteiger partial charge in [-0.3, -0.25) is 4.79 Å². The van der Waals surface area contributed by atoms with E-state index in [2.05, 4.69) is 6.58 Å². The lowest BCUT2D eigenvalue weighted by Gasteiger charge is -2.01. The predicted molar refractivity (Wildman–Crippen MR) is 87.1 cm³/mol. The second kappa shape index (κ2) is 7.98. The molecule has 0 saturated heterocycles. The first kappa shape index (κ1) is 17.4. The summed E-state index contributed by atoms with van der Waals surface area (Å²) < 4.78 is 4.83. The molecule has 0 atom stereocenters. The Balaban J connectivity index is 3.12. The maximum atomic E-state index is 12.1. The molecule has 0 aliphatic heterocycles. The Bertz CT molecular complexity index is 700. The Kier molecular flexibility index (Phi) is 6.32. The standard InChI is InChI=1S/C18H20O4/c1-5-6-7-14(10-12(2)3)8-9-15(19)17-16(20)11-13(4)22-18(17)21/h5-12,20H,1H2,2-4H3/b7-6-,9-8+,14-10+. The molecule has 0 aliphatic carbocycles. The number of aromatic hydroxyl groups is 1. The summed E-state index contributed by atoms with van der Waals surface area (Å²) in [6.07, 6.45) is 9.96. The molecule has 0 aliphatic rings. The van der Waals surface area contributed by atoms with Crippen molar-refractivity contribution in [2.75, 3.05) is 0 Å². The van der Waals surface area contributed by atoms with Gasteiger partial charge in [-0.2, -0.15) is 0 Å². The van der Waals surface area contributed by atoms with Gasteiger partial charge in [0.1, 0.15) is 17.1 Å². The molecule has 1 heterocycles. The minimum Gasteiger partial charge on any atom is -0.507 e. The summed E-state index contributed by atoms with van der Waals surface area (Å²) in [4.78, 5) is 23.8. The summed E-state index contributed by atoms with van der Waals surface area (Å²) >= 11 is 0.